The molecule has 1 aromatic carbocycles. The Morgan fingerprint density at radius 3 is 2.80 bits per heavy atom. The van der Waals surface area contributed by atoms with Gasteiger partial charge in [0.25, 0.3) is 5.91 Å². The molecule has 0 radical (unpaired) electrons. The van der Waals surface area contributed by atoms with Gasteiger partial charge < -0.3 is 0 Å². The number of halogens is 1. The molecule has 25 heavy (non-hydrogen) atoms. The molecule has 4 rings (SSSR count). The zero-order valence-corrected chi connectivity index (χ0v) is 13.2. The zero-order valence-electron chi connectivity index (χ0n) is 13.2. The van der Waals surface area contributed by atoms with Gasteiger partial charge in [0.2, 0.25) is 0 Å². The number of carbonyl (C=O) groups excluding carboxylic acids is 2. The second-order valence-corrected chi connectivity index (χ2v) is 5.99. The highest BCUT2D eigenvalue weighted by atomic mass is 19.1. The van der Waals surface area contributed by atoms with Gasteiger partial charge in [0.15, 0.2) is 0 Å². The molecule has 0 spiro atoms. The summed E-state index contributed by atoms with van der Waals surface area (Å²) in [5, 5.41) is 4.70. The summed E-state index contributed by atoms with van der Waals surface area (Å²) < 4.78 is 15.8. The van der Waals surface area contributed by atoms with E-state index in [2.05, 4.69) is 15.6 Å². The van der Waals surface area contributed by atoms with Crippen LogP contribution < -0.4 is 10.6 Å². The van der Waals surface area contributed by atoms with E-state index < -0.39 is 17.8 Å². The van der Waals surface area contributed by atoms with Crippen molar-refractivity contribution in [3.8, 4) is 0 Å². The first kappa shape index (κ1) is 15.3. The lowest BCUT2D eigenvalue weighted by Gasteiger charge is -2.09. The molecular weight excluding hydrogens is 323 g/mol. The summed E-state index contributed by atoms with van der Waals surface area (Å²) in [6.45, 7) is 0. The third kappa shape index (κ3) is 3.08. The number of rotatable bonds is 3. The molecular formula is C18H15FN4O2. The van der Waals surface area contributed by atoms with Crippen molar-refractivity contribution in [3.63, 3.8) is 0 Å². The molecule has 6 nitrogen and oxygen atoms in total. The van der Waals surface area contributed by atoms with Crippen LogP contribution in [0.1, 0.15) is 34.7 Å². The van der Waals surface area contributed by atoms with Crippen molar-refractivity contribution < 1.29 is 14.0 Å². The zero-order chi connectivity index (χ0) is 17.4. The smallest absolute Gasteiger partial charge is 0.293 e. The first-order chi connectivity index (χ1) is 12.1. The fraction of sp³-hybridized carbons (Fsp3) is 0.167. The van der Waals surface area contributed by atoms with Gasteiger partial charge in [0.1, 0.15) is 17.3 Å². The largest absolute Gasteiger partial charge is 0.327 e. The number of nitrogens with one attached hydrogen (secondary N) is 2. The predicted molar refractivity (Wildman–Crippen MR) is 90.1 cm³/mol. The van der Waals surface area contributed by atoms with Gasteiger partial charge in [-0.1, -0.05) is 12.1 Å². The number of pyridine rings is 1. The Balaban J connectivity index is 1.47. The molecule has 0 unspecified atom stereocenters. The van der Waals surface area contributed by atoms with Crippen LogP contribution in [0, 0.1) is 5.82 Å². The lowest BCUT2D eigenvalue weighted by atomic mass is 10.1. The van der Waals surface area contributed by atoms with E-state index in [1.54, 1.807) is 41.1 Å². The van der Waals surface area contributed by atoms with Gasteiger partial charge >= 0.3 is 6.03 Å². The Morgan fingerprint density at radius 2 is 2.04 bits per heavy atom. The van der Waals surface area contributed by atoms with Gasteiger partial charge in [-0.3, -0.25) is 19.8 Å². The van der Waals surface area contributed by atoms with E-state index in [0.717, 1.165) is 18.4 Å². The van der Waals surface area contributed by atoms with E-state index in [4.69, 9.17) is 0 Å². The Labute approximate surface area is 142 Å². The van der Waals surface area contributed by atoms with Crippen LogP contribution >= 0.6 is 0 Å². The van der Waals surface area contributed by atoms with Crippen LogP contribution in [0.3, 0.4) is 0 Å². The van der Waals surface area contributed by atoms with Crippen molar-refractivity contribution in [2.24, 2.45) is 0 Å². The normalized spacial score (nSPS) is 13.6. The Bertz CT molecular complexity index is 978. The molecule has 126 valence electrons. The summed E-state index contributed by atoms with van der Waals surface area (Å²) >= 11 is 0. The third-order valence-electron chi connectivity index (χ3n) is 4.18. The summed E-state index contributed by atoms with van der Waals surface area (Å²) in [6.07, 6.45) is 5.38. The molecule has 3 aromatic rings. The molecule has 1 aliphatic carbocycles. The van der Waals surface area contributed by atoms with Gasteiger partial charge in [0, 0.05) is 12.4 Å². The summed E-state index contributed by atoms with van der Waals surface area (Å²) in [7, 11) is 0. The van der Waals surface area contributed by atoms with Crippen molar-refractivity contribution in [2.45, 2.75) is 18.8 Å². The van der Waals surface area contributed by atoms with Crippen molar-refractivity contribution in [2.75, 3.05) is 5.32 Å². The predicted octanol–water partition coefficient (Wildman–Crippen LogP) is 3.31. The van der Waals surface area contributed by atoms with E-state index >= 15 is 0 Å². The number of aromatic nitrogens is 2. The molecule has 7 heteroatoms. The van der Waals surface area contributed by atoms with Crippen LogP contribution in [0.5, 0.6) is 0 Å². The topological polar surface area (TPSA) is 75.5 Å². The second kappa shape index (κ2) is 6.01. The van der Waals surface area contributed by atoms with E-state index in [-0.39, 0.29) is 5.56 Å². The van der Waals surface area contributed by atoms with Crippen LogP contribution in [0.4, 0.5) is 15.0 Å². The highest BCUT2D eigenvalue weighted by Crippen LogP contribution is 2.40. The standard InChI is InChI=1S/C18H15FN4O2/c19-14-10-12(11-4-5-11)6-7-13(14)17(24)22-18(25)21-16-3-1-2-15-20-8-9-23(15)16/h1-3,6-11H,4-5H2,(H2,21,22,24,25). The average Bonchev–Trinajstić information content (AvgIpc) is 3.32. The van der Waals surface area contributed by atoms with Gasteiger partial charge in [-0.25, -0.2) is 14.2 Å². The number of amides is 3. The van der Waals surface area contributed by atoms with Crippen molar-refractivity contribution in [1.82, 2.24) is 14.7 Å². The summed E-state index contributed by atoms with van der Waals surface area (Å²) in [5.41, 5.74) is 1.40. The quantitative estimate of drug-likeness (QED) is 0.769. The summed E-state index contributed by atoms with van der Waals surface area (Å²) in [5.74, 6) is -0.558. The highest BCUT2D eigenvalue weighted by Gasteiger charge is 2.25. The maximum atomic E-state index is 14.1. The number of imide groups is 1. The van der Waals surface area contributed by atoms with Gasteiger partial charge in [-0.05, 0) is 48.6 Å². The minimum atomic E-state index is -0.782. The first-order valence-electron chi connectivity index (χ1n) is 7.96. The molecule has 0 saturated heterocycles. The molecule has 2 heterocycles. The van der Waals surface area contributed by atoms with E-state index in [0.29, 0.717) is 17.4 Å². The highest BCUT2D eigenvalue weighted by molar-refractivity contribution is 6.07. The number of carbonyl (C=O) groups is 2. The number of benzene rings is 1. The van der Waals surface area contributed by atoms with Crippen molar-refractivity contribution in [1.29, 1.82) is 0 Å². The first-order valence-corrected chi connectivity index (χ1v) is 7.96. The SMILES string of the molecule is O=C(NC(=O)c1ccc(C2CC2)cc1F)Nc1cccc2nccn12. The Kier molecular flexibility index (Phi) is 3.68. The third-order valence-corrected chi connectivity index (χ3v) is 4.18. The number of hydrogen-bond acceptors (Lipinski definition) is 3. The van der Waals surface area contributed by atoms with Crippen LogP contribution in [0.2, 0.25) is 0 Å². The maximum absolute atomic E-state index is 14.1. The lowest BCUT2D eigenvalue weighted by molar-refractivity contribution is 0.0963. The summed E-state index contributed by atoms with van der Waals surface area (Å²) in [6, 6.07) is 8.97. The van der Waals surface area contributed by atoms with Crippen molar-refractivity contribution >= 4 is 23.4 Å². The number of hydrogen-bond donors (Lipinski definition) is 2. The number of anilines is 1. The van der Waals surface area contributed by atoms with E-state index in [1.165, 1.54) is 12.1 Å². The molecule has 1 saturated carbocycles. The molecule has 3 amide bonds. The lowest BCUT2D eigenvalue weighted by Crippen LogP contribution is -2.35. The van der Waals surface area contributed by atoms with Gasteiger partial charge in [-0.15, -0.1) is 0 Å². The second-order valence-electron chi connectivity index (χ2n) is 5.99. The molecule has 0 bridgehead atoms. The molecule has 0 atom stereocenters. The van der Waals surface area contributed by atoms with Crippen molar-refractivity contribution in [3.05, 3.63) is 65.7 Å². The molecule has 2 N–H and O–H groups in total. The Morgan fingerprint density at radius 1 is 1.20 bits per heavy atom. The van der Waals surface area contributed by atoms with Crippen LogP contribution in [-0.4, -0.2) is 21.3 Å². The van der Waals surface area contributed by atoms with Crippen LogP contribution in [0.25, 0.3) is 5.65 Å². The molecule has 2 aromatic heterocycles. The van der Waals surface area contributed by atoms with Crippen LogP contribution in [0.15, 0.2) is 48.8 Å². The minimum Gasteiger partial charge on any atom is -0.293 e. The molecule has 1 fully saturated rings. The molecule has 1 aliphatic rings. The number of urea groups is 1. The Hall–Kier alpha value is -3.22. The maximum Gasteiger partial charge on any atom is 0.327 e. The fourth-order valence-electron chi connectivity index (χ4n) is 2.75. The number of fused-ring (bicyclic) bond motifs is 1. The fourth-order valence-corrected chi connectivity index (χ4v) is 2.75. The molecule has 0 aliphatic heterocycles. The summed E-state index contributed by atoms with van der Waals surface area (Å²) in [4.78, 5) is 28.3. The van der Waals surface area contributed by atoms with E-state index in [9.17, 15) is 14.0 Å². The van der Waals surface area contributed by atoms with Gasteiger partial charge in [-0.2, -0.15) is 0 Å². The monoisotopic (exact) mass is 338 g/mol. The number of nitrogens with zero attached hydrogens (tertiary/aromatic N) is 2. The average molecular weight is 338 g/mol. The minimum absolute atomic E-state index is 0.152. The van der Waals surface area contributed by atoms with E-state index in [1.807, 2.05) is 0 Å². The van der Waals surface area contributed by atoms with Gasteiger partial charge in [0.05, 0.1) is 5.56 Å². The van der Waals surface area contributed by atoms with Crippen LogP contribution in [-0.2, 0) is 0 Å². The number of imidazole rings is 1.